The number of rotatable bonds is 5. The summed E-state index contributed by atoms with van der Waals surface area (Å²) >= 11 is 0. The number of hydrogen-bond donors (Lipinski definition) is 5. The predicted octanol–water partition coefficient (Wildman–Crippen LogP) is 5.90. The van der Waals surface area contributed by atoms with Gasteiger partial charge in [-0.1, -0.05) is 61.2 Å². The summed E-state index contributed by atoms with van der Waals surface area (Å²) < 4.78 is 5.40. The third-order valence-corrected chi connectivity index (χ3v) is 10.9. The SMILES string of the molecule is COc1cc([C@@H]2CC(=O)C[C@@]3(O)CC[C@@]4(O)CCCC[C@]4(c4ccc(O)c(O)c4)[C@@H]3CC#C[C@H]2Cc2ccccc2)ccc1O. The van der Waals surface area contributed by atoms with Crippen LogP contribution in [0.1, 0.15) is 80.4 Å². The summed E-state index contributed by atoms with van der Waals surface area (Å²) in [4.78, 5) is 14.1. The lowest BCUT2D eigenvalue weighted by atomic mass is 9.44. The molecular weight excluding hydrogens is 568 g/mol. The van der Waals surface area contributed by atoms with Crippen molar-refractivity contribution >= 4 is 5.78 Å². The second-order valence-corrected chi connectivity index (χ2v) is 13.3. The van der Waals surface area contributed by atoms with E-state index in [-0.39, 0.29) is 60.6 Å². The fraction of sp³-hybridized carbons (Fsp3) is 0.447. The fourth-order valence-corrected chi connectivity index (χ4v) is 8.70. The molecule has 236 valence electrons. The normalized spacial score (nSPS) is 31.5. The van der Waals surface area contributed by atoms with Crippen molar-refractivity contribution in [3.8, 4) is 34.8 Å². The van der Waals surface area contributed by atoms with Crippen LogP contribution < -0.4 is 4.74 Å². The van der Waals surface area contributed by atoms with Gasteiger partial charge < -0.3 is 30.3 Å². The standard InChI is InChI=1S/C38H42O7/c1-45-34-21-27(12-14-32(34)41)30-23-29(39)24-36(43)18-19-37(44)16-5-6-17-38(37,28-13-15-31(40)33(42)22-28)35(36)11-7-10-26(30)20-25-8-3-2-4-9-25/h2-4,8-9,12-15,21-22,26,30,35,40-44H,5-6,11,16-20,23-24H2,1H3/t26-,30+,35+,36-,37-,38-/m0/s1. The van der Waals surface area contributed by atoms with Crippen LogP contribution in [0, 0.1) is 23.7 Å². The summed E-state index contributed by atoms with van der Waals surface area (Å²) in [7, 11) is 1.49. The van der Waals surface area contributed by atoms with Crippen LogP contribution in [0.25, 0.3) is 0 Å². The van der Waals surface area contributed by atoms with Crippen molar-refractivity contribution in [1.29, 1.82) is 0 Å². The maximum atomic E-state index is 14.1. The van der Waals surface area contributed by atoms with Gasteiger partial charge in [0.15, 0.2) is 23.0 Å². The van der Waals surface area contributed by atoms with Gasteiger partial charge in [0, 0.05) is 42.4 Å². The Balaban J connectivity index is 1.49. The number of methoxy groups -OCH3 is 1. The quantitative estimate of drug-likeness (QED) is 0.180. The van der Waals surface area contributed by atoms with Crippen LogP contribution in [-0.4, -0.2) is 49.6 Å². The Kier molecular flexibility index (Phi) is 8.32. The molecule has 0 radical (unpaired) electrons. The van der Waals surface area contributed by atoms with E-state index in [0.717, 1.165) is 24.0 Å². The molecule has 7 nitrogen and oxygen atoms in total. The van der Waals surface area contributed by atoms with Crippen LogP contribution in [0.5, 0.6) is 23.0 Å². The summed E-state index contributed by atoms with van der Waals surface area (Å²) in [6, 6.07) is 19.9. The molecule has 0 amide bonds. The topological polar surface area (TPSA) is 127 Å². The second kappa shape index (κ2) is 12.1. The molecule has 3 aliphatic carbocycles. The Bertz CT molecular complexity index is 1620. The molecule has 0 unspecified atom stereocenters. The van der Waals surface area contributed by atoms with Crippen molar-refractivity contribution in [3.05, 3.63) is 83.4 Å². The Morgan fingerprint density at radius 3 is 2.38 bits per heavy atom. The average molecular weight is 611 g/mol. The highest BCUT2D eigenvalue weighted by molar-refractivity contribution is 5.81. The molecule has 7 heteroatoms. The van der Waals surface area contributed by atoms with Crippen LogP contribution in [0.2, 0.25) is 0 Å². The zero-order valence-corrected chi connectivity index (χ0v) is 25.7. The number of phenolic OH excluding ortho intramolecular Hbond substituents is 3. The first-order chi connectivity index (χ1) is 21.6. The van der Waals surface area contributed by atoms with Gasteiger partial charge in [-0.15, -0.1) is 5.92 Å². The van der Waals surface area contributed by atoms with Crippen molar-refractivity contribution in [3.63, 3.8) is 0 Å². The number of benzene rings is 3. The van der Waals surface area contributed by atoms with Crippen LogP contribution in [0.3, 0.4) is 0 Å². The molecule has 0 aliphatic heterocycles. The first kappa shape index (κ1) is 31.0. The van der Waals surface area contributed by atoms with Crippen LogP contribution >= 0.6 is 0 Å². The van der Waals surface area contributed by atoms with E-state index in [4.69, 9.17) is 4.74 Å². The molecule has 0 aromatic heterocycles. The first-order valence-electron chi connectivity index (χ1n) is 16.0. The molecule has 0 bridgehead atoms. The van der Waals surface area contributed by atoms with Gasteiger partial charge in [-0.25, -0.2) is 0 Å². The van der Waals surface area contributed by atoms with E-state index in [9.17, 15) is 30.3 Å². The molecule has 2 fully saturated rings. The van der Waals surface area contributed by atoms with E-state index in [2.05, 4.69) is 11.8 Å². The molecule has 6 atom stereocenters. The van der Waals surface area contributed by atoms with Crippen LogP contribution in [-0.2, 0) is 16.6 Å². The lowest BCUT2D eigenvalue weighted by molar-refractivity contribution is -0.197. The zero-order chi connectivity index (χ0) is 31.8. The average Bonchev–Trinajstić information content (AvgIpc) is 3.03. The molecular formula is C38H42O7. The van der Waals surface area contributed by atoms with Crippen molar-refractivity contribution in [2.45, 2.75) is 86.7 Å². The summed E-state index contributed by atoms with van der Waals surface area (Å²) in [6.45, 7) is 0. The maximum Gasteiger partial charge on any atom is 0.160 e. The Hall–Kier alpha value is -3.99. The molecule has 3 aromatic rings. The number of ether oxygens (including phenoxy) is 1. The predicted molar refractivity (Wildman–Crippen MR) is 170 cm³/mol. The largest absolute Gasteiger partial charge is 0.504 e. The summed E-state index contributed by atoms with van der Waals surface area (Å²) in [5.74, 6) is 5.56. The number of aliphatic hydroxyl groups is 2. The lowest BCUT2D eigenvalue weighted by Crippen LogP contribution is -2.67. The Labute approximate surface area is 264 Å². The van der Waals surface area contributed by atoms with E-state index >= 15 is 0 Å². The van der Waals surface area contributed by atoms with E-state index in [1.807, 2.05) is 36.4 Å². The molecule has 3 aliphatic rings. The summed E-state index contributed by atoms with van der Waals surface area (Å²) in [5, 5.41) is 55.8. The molecule has 5 N–H and O–H groups in total. The van der Waals surface area contributed by atoms with Crippen molar-refractivity contribution in [1.82, 2.24) is 0 Å². The first-order valence-corrected chi connectivity index (χ1v) is 16.0. The number of fused-ring (bicyclic) bond motifs is 3. The second-order valence-electron chi connectivity index (χ2n) is 13.3. The van der Waals surface area contributed by atoms with Gasteiger partial charge in [0.05, 0.1) is 18.3 Å². The maximum absolute atomic E-state index is 14.1. The molecule has 0 saturated heterocycles. The fourth-order valence-electron chi connectivity index (χ4n) is 8.70. The van der Waals surface area contributed by atoms with Gasteiger partial charge in [0.1, 0.15) is 5.78 Å². The van der Waals surface area contributed by atoms with Crippen molar-refractivity contribution in [2.75, 3.05) is 7.11 Å². The molecule has 3 aromatic carbocycles. The summed E-state index contributed by atoms with van der Waals surface area (Å²) in [5.41, 5.74) is -0.968. The minimum absolute atomic E-state index is 0.0167. The number of hydrogen-bond acceptors (Lipinski definition) is 7. The highest BCUT2D eigenvalue weighted by atomic mass is 16.5. The number of carbonyl (C=O) groups is 1. The number of Topliss-reactive ketones (excluding diaryl/α,β-unsaturated/α-hetero) is 1. The minimum atomic E-state index is -1.42. The van der Waals surface area contributed by atoms with Gasteiger partial charge in [0.25, 0.3) is 0 Å². The molecule has 0 heterocycles. The van der Waals surface area contributed by atoms with Gasteiger partial charge >= 0.3 is 0 Å². The van der Waals surface area contributed by atoms with Crippen molar-refractivity contribution < 1.29 is 35.1 Å². The van der Waals surface area contributed by atoms with E-state index in [1.54, 1.807) is 18.2 Å². The number of phenols is 3. The molecule has 6 rings (SSSR count). The van der Waals surface area contributed by atoms with Crippen LogP contribution in [0.15, 0.2) is 66.7 Å². The number of aromatic hydroxyl groups is 3. The molecule has 45 heavy (non-hydrogen) atoms. The summed E-state index contributed by atoms with van der Waals surface area (Å²) in [6.07, 6.45) is 4.28. The van der Waals surface area contributed by atoms with Gasteiger partial charge in [-0.05, 0) is 73.1 Å². The number of ketones is 1. The third-order valence-electron chi connectivity index (χ3n) is 10.9. The monoisotopic (exact) mass is 610 g/mol. The molecule has 2 saturated carbocycles. The van der Waals surface area contributed by atoms with Gasteiger partial charge in [0.2, 0.25) is 0 Å². The number of carbonyl (C=O) groups excluding carboxylic acids is 1. The van der Waals surface area contributed by atoms with E-state index in [1.165, 1.54) is 19.2 Å². The third kappa shape index (κ3) is 5.55. The van der Waals surface area contributed by atoms with Gasteiger partial charge in [-0.3, -0.25) is 4.79 Å². The van der Waals surface area contributed by atoms with Crippen LogP contribution in [0.4, 0.5) is 0 Å². The smallest absolute Gasteiger partial charge is 0.160 e. The molecule has 0 spiro atoms. The minimum Gasteiger partial charge on any atom is -0.504 e. The highest BCUT2D eigenvalue weighted by Gasteiger charge is 2.65. The zero-order valence-electron chi connectivity index (χ0n) is 25.7. The van der Waals surface area contributed by atoms with E-state index in [0.29, 0.717) is 37.0 Å². The lowest BCUT2D eigenvalue weighted by Gasteiger charge is -2.62. The van der Waals surface area contributed by atoms with Gasteiger partial charge in [-0.2, -0.15) is 0 Å². The van der Waals surface area contributed by atoms with Crippen molar-refractivity contribution in [2.24, 2.45) is 11.8 Å². The Morgan fingerprint density at radius 1 is 0.867 bits per heavy atom. The highest BCUT2D eigenvalue weighted by Crippen LogP contribution is 2.62. The van der Waals surface area contributed by atoms with E-state index < -0.39 is 22.5 Å². The Morgan fingerprint density at radius 2 is 1.62 bits per heavy atom.